The van der Waals surface area contributed by atoms with Crippen LogP contribution in [0.25, 0.3) is 0 Å². The van der Waals surface area contributed by atoms with Crippen LogP contribution in [0, 0.1) is 6.92 Å². The normalized spacial score (nSPS) is 13.9. The van der Waals surface area contributed by atoms with E-state index in [1.54, 1.807) is 6.07 Å². The van der Waals surface area contributed by atoms with E-state index in [4.69, 9.17) is 22.1 Å². The predicted molar refractivity (Wildman–Crippen MR) is 79.6 cm³/mol. The van der Waals surface area contributed by atoms with E-state index in [1.165, 1.54) is 5.56 Å². The number of hydrogen-bond acceptors (Lipinski definition) is 2. The first-order valence-corrected chi connectivity index (χ1v) is 6.69. The first-order valence-electron chi connectivity index (χ1n) is 6.31. The van der Waals surface area contributed by atoms with Gasteiger partial charge in [0.15, 0.2) is 0 Å². The minimum atomic E-state index is -0.181. The third-order valence-electron chi connectivity index (χ3n) is 3.03. The summed E-state index contributed by atoms with van der Waals surface area (Å²) in [5.74, 6) is 0.734. The molecule has 3 heteroatoms. The molecule has 0 aliphatic rings. The Bertz CT molecular complexity index is 554. The summed E-state index contributed by atoms with van der Waals surface area (Å²) in [7, 11) is 0. The smallest absolute Gasteiger partial charge is 0.139 e. The Morgan fingerprint density at radius 1 is 1.11 bits per heavy atom. The fraction of sp³-hybridized carbons (Fsp3) is 0.250. The Morgan fingerprint density at radius 3 is 2.47 bits per heavy atom. The first-order chi connectivity index (χ1) is 9.08. The van der Waals surface area contributed by atoms with Gasteiger partial charge in [-0.05, 0) is 43.2 Å². The highest BCUT2D eigenvalue weighted by Crippen LogP contribution is 2.27. The molecule has 2 atom stereocenters. The molecule has 0 heterocycles. The highest BCUT2D eigenvalue weighted by Gasteiger charge is 2.19. The van der Waals surface area contributed by atoms with Crippen molar-refractivity contribution < 1.29 is 4.74 Å². The van der Waals surface area contributed by atoms with Crippen LogP contribution in [0.15, 0.2) is 48.5 Å². The molecule has 19 heavy (non-hydrogen) atoms. The maximum atomic E-state index is 6.07. The predicted octanol–water partition coefficient (Wildman–Crippen LogP) is 4.12. The lowest BCUT2D eigenvalue weighted by Gasteiger charge is -2.24. The van der Waals surface area contributed by atoms with Crippen LogP contribution in [0.4, 0.5) is 0 Å². The SMILES string of the molecule is Cc1ccccc1C(Oc1cccc(Cl)c1)C(C)N. The molecule has 0 saturated heterocycles. The minimum Gasteiger partial charge on any atom is -0.484 e. The van der Waals surface area contributed by atoms with Crippen LogP contribution in [0.2, 0.25) is 5.02 Å². The molecule has 0 bridgehead atoms. The molecule has 0 spiro atoms. The Balaban J connectivity index is 2.29. The summed E-state index contributed by atoms with van der Waals surface area (Å²) < 4.78 is 6.01. The maximum absolute atomic E-state index is 6.07. The molecule has 100 valence electrons. The van der Waals surface area contributed by atoms with E-state index in [0.717, 1.165) is 11.3 Å². The van der Waals surface area contributed by atoms with Crippen molar-refractivity contribution in [3.8, 4) is 5.75 Å². The number of benzene rings is 2. The molecule has 0 radical (unpaired) electrons. The third kappa shape index (κ3) is 3.49. The molecule has 2 aromatic carbocycles. The van der Waals surface area contributed by atoms with Crippen molar-refractivity contribution >= 4 is 11.6 Å². The van der Waals surface area contributed by atoms with Crippen molar-refractivity contribution in [3.05, 3.63) is 64.7 Å². The van der Waals surface area contributed by atoms with Crippen molar-refractivity contribution in [3.63, 3.8) is 0 Å². The zero-order valence-corrected chi connectivity index (χ0v) is 11.9. The zero-order valence-electron chi connectivity index (χ0n) is 11.1. The third-order valence-corrected chi connectivity index (χ3v) is 3.27. The van der Waals surface area contributed by atoms with Gasteiger partial charge in [-0.25, -0.2) is 0 Å². The van der Waals surface area contributed by atoms with Crippen molar-refractivity contribution in [2.24, 2.45) is 5.73 Å². The first kappa shape index (κ1) is 13.9. The molecule has 0 aliphatic carbocycles. The van der Waals surface area contributed by atoms with Crippen molar-refractivity contribution in [2.75, 3.05) is 0 Å². The molecule has 2 unspecified atom stereocenters. The lowest BCUT2D eigenvalue weighted by molar-refractivity contribution is 0.180. The average Bonchev–Trinajstić information content (AvgIpc) is 2.37. The Labute approximate surface area is 119 Å². The second-order valence-corrected chi connectivity index (χ2v) is 5.15. The summed E-state index contributed by atoms with van der Waals surface area (Å²) in [5.41, 5.74) is 8.35. The number of hydrogen-bond donors (Lipinski definition) is 1. The van der Waals surface area contributed by atoms with Crippen molar-refractivity contribution in [1.82, 2.24) is 0 Å². The number of halogens is 1. The highest BCUT2D eigenvalue weighted by molar-refractivity contribution is 6.30. The summed E-state index contributed by atoms with van der Waals surface area (Å²) in [6.07, 6.45) is -0.181. The molecule has 2 aromatic rings. The van der Waals surface area contributed by atoms with Gasteiger partial charge in [0, 0.05) is 11.1 Å². The Morgan fingerprint density at radius 2 is 1.84 bits per heavy atom. The van der Waals surface area contributed by atoms with Gasteiger partial charge in [0.2, 0.25) is 0 Å². The van der Waals surface area contributed by atoms with Crippen LogP contribution in [0.1, 0.15) is 24.2 Å². The number of ether oxygens (including phenoxy) is 1. The summed E-state index contributed by atoms with van der Waals surface area (Å²) in [6.45, 7) is 4.01. The molecular formula is C16H18ClNO. The van der Waals surface area contributed by atoms with Crippen LogP contribution in [-0.4, -0.2) is 6.04 Å². The molecule has 0 aromatic heterocycles. The van der Waals surface area contributed by atoms with Gasteiger partial charge in [-0.3, -0.25) is 0 Å². The van der Waals surface area contributed by atoms with E-state index in [1.807, 2.05) is 43.3 Å². The van der Waals surface area contributed by atoms with Crippen molar-refractivity contribution in [1.29, 1.82) is 0 Å². The van der Waals surface area contributed by atoms with Gasteiger partial charge in [-0.15, -0.1) is 0 Å². The van der Waals surface area contributed by atoms with Gasteiger partial charge in [0.25, 0.3) is 0 Å². The van der Waals surface area contributed by atoms with Crippen LogP contribution in [0.5, 0.6) is 5.75 Å². The number of aryl methyl sites for hydroxylation is 1. The van der Waals surface area contributed by atoms with E-state index < -0.39 is 0 Å². The summed E-state index contributed by atoms with van der Waals surface area (Å²) in [4.78, 5) is 0. The molecule has 2 nitrogen and oxygen atoms in total. The summed E-state index contributed by atoms with van der Waals surface area (Å²) >= 11 is 5.97. The van der Waals surface area contributed by atoms with Crippen LogP contribution in [-0.2, 0) is 0 Å². The van der Waals surface area contributed by atoms with E-state index in [2.05, 4.69) is 13.0 Å². The van der Waals surface area contributed by atoms with E-state index in [-0.39, 0.29) is 12.1 Å². The summed E-state index contributed by atoms with van der Waals surface area (Å²) in [6, 6.07) is 15.4. The van der Waals surface area contributed by atoms with Crippen LogP contribution in [0.3, 0.4) is 0 Å². The molecular weight excluding hydrogens is 258 g/mol. The van der Waals surface area contributed by atoms with Gasteiger partial charge in [-0.2, -0.15) is 0 Å². The highest BCUT2D eigenvalue weighted by atomic mass is 35.5. The minimum absolute atomic E-state index is 0.111. The molecule has 0 fully saturated rings. The maximum Gasteiger partial charge on any atom is 0.139 e. The second kappa shape index (κ2) is 6.09. The Kier molecular flexibility index (Phi) is 4.46. The standard InChI is InChI=1S/C16H18ClNO/c1-11-6-3-4-9-15(11)16(12(2)18)19-14-8-5-7-13(17)10-14/h3-10,12,16H,18H2,1-2H3. The lowest BCUT2D eigenvalue weighted by atomic mass is 9.99. The molecule has 0 aliphatic heterocycles. The largest absolute Gasteiger partial charge is 0.484 e. The van der Waals surface area contributed by atoms with Gasteiger partial charge in [0.05, 0.1) is 0 Å². The van der Waals surface area contributed by atoms with E-state index in [0.29, 0.717) is 5.02 Å². The molecule has 2 N–H and O–H groups in total. The fourth-order valence-electron chi connectivity index (χ4n) is 2.05. The monoisotopic (exact) mass is 275 g/mol. The average molecular weight is 276 g/mol. The second-order valence-electron chi connectivity index (χ2n) is 4.71. The van der Waals surface area contributed by atoms with Gasteiger partial charge >= 0.3 is 0 Å². The number of rotatable bonds is 4. The fourth-order valence-corrected chi connectivity index (χ4v) is 2.23. The van der Waals surface area contributed by atoms with Crippen molar-refractivity contribution in [2.45, 2.75) is 26.0 Å². The van der Waals surface area contributed by atoms with E-state index >= 15 is 0 Å². The zero-order chi connectivity index (χ0) is 13.8. The molecule has 2 rings (SSSR count). The Hall–Kier alpha value is -1.51. The van der Waals surface area contributed by atoms with Crippen LogP contribution >= 0.6 is 11.6 Å². The molecule has 0 saturated carbocycles. The lowest BCUT2D eigenvalue weighted by Crippen LogP contribution is -2.29. The molecule has 0 amide bonds. The van der Waals surface area contributed by atoms with E-state index in [9.17, 15) is 0 Å². The summed E-state index contributed by atoms with van der Waals surface area (Å²) in [5, 5.41) is 0.658. The number of nitrogens with two attached hydrogens (primary N) is 1. The topological polar surface area (TPSA) is 35.2 Å². The van der Waals surface area contributed by atoms with Gasteiger partial charge < -0.3 is 10.5 Å². The quantitative estimate of drug-likeness (QED) is 0.911. The van der Waals surface area contributed by atoms with Gasteiger partial charge in [-0.1, -0.05) is 41.9 Å². The van der Waals surface area contributed by atoms with Gasteiger partial charge in [0.1, 0.15) is 11.9 Å². The van der Waals surface area contributed by atoms with Crippen LogP contribution < -0.4 is 10.5 Å².